The smallest absolute Gasteiger partial charge is 0.231 e. The molecule has 0 spiro atoms. The molecule has 0 saturated carbocycles. The van der Waals surface area contributed by atoms with Gasteiger partial charge in [0.1, 0.15) is 0 Å². The van der Waals surface area contributed by atoms with E-state index < -0.39 is 0 Å². The number of nitrogens with zero attached hydrogens (tertiary/aromatic N) is 3. The fourth-order valence-electron chi connectivity index (χ4n) is 3.18. The number of anilines is 1. The maximum atomic E-state index is 11.0. The summed E-state index contributed by atoms with van der Waals surface area (Å²) in [7, 11) is 5.89. The topological polar surface area (TPSA) is 86.0 Å². The predicted molar refractivity (Wildman–Crippen MR) is 123 cm³/mol. The molecule has 0 aliphatic carbocycles. The Morgan fingerprint density at radius 3 is 2.52 bits per heavy atom. The molecule has 1 aromatic rings. The largest absolute Gasteiger partial charge is 0.378 e. The summed E-state index contributed by atoms with van der Waals surface area (Å²) in [6.07, 6.45) is 1.95. The maximum absolute atomic E-state index is 11.0. The van der Waals surface area contributed by atoms with Crippen molar-refractivity contribution in [3.05, 3.63) is 29.3 Å². The molecule has 1 saturated heterocycles. The molecule has 0 atom stereocenters. The van der Waals surface area contributed by atoms with Gasteiger partial charge < -0.3 is 21.3 Å². The number of hydrogen-bond acceptors (Lipinski definition) is 4. The first kappa shape index (κ1) is 23.5. The van der Waals surface area contributed by atoms with Crippen LogP contribution in [0.2, 0.25) is 0 Å². The van der Waals surface area contributed by atoms with Gasteiger partial charge in [-0.3, -0.25) is 14.7 Å². The lowest BCUT2D eigenvalue weighted by Crippen LogP contribution is -2.49. The number of halogens is 1. The molecule has 2 rings (SSSR count). The number of aliphatic imine (C=N–C) groups is 1. The van der Waals surface area contributed by atoms with E-state index in [-0.39, 0.29) is 29.9 Å². The molecule has 0 unspecified atom stereocenters. The second kappa shape index (κ2) is 11.3. The molecule has 1 heterocycles. The first-order chi connectivity index (χ1) is 12.4. The van der Waals surface area contributed by atoms with Crippen molar-refractivity contribution < 1.29 is 4.79 Å². The lowest BCUT2D eigenvalue weighted by Gasteiger charge is -2.32. The van der Waals surface area contributed by atoms with Gasteiger partial charge >= 0.3 is 0 Å². The van der Waals surface area contributed by atoms with Crippen LogP contribution in [0.4, 0.5) is 5.69 Å². The van der Waals surface area contributed by atoms with Gasteiger partial charge in [-0.05, 0) is 43.0 Å². The summed E-state index contributed by atoms with van der Waals surface area (Å²) >= 11 is 0. The molecule has 1 aliphatic rings. The molecule has 27 heavy (non-hydrogen) atoms. The summed E-state index contributed by atoms with van der Waals surface area (Å²) in [5.41, 5.74) is 8.99. The Kier molecular flexibility index (Phi) is 9.86. The van der Waals surface area contributed by atoms with Gasteiger partial charge in [0.25, 0.3) is 0 Å². The first-order valence-electron chi connectivity index (χ1n) is 9.13. The number of piperidine rings is 1. The highest BCUT2D eigenvalue weighted by Gasteiger charge is 2.20. The predicted octanol–water partition coefficient (Wildman–Crippen LogP) is 1.29. The molecule has 4 N–H and O–H groups in total. The number of carbonyl (C=O) groups is 1. The zero-order chi connectivity index (χ0) is 19.1. The van der Waals surface area contributed by atoms with Gasteiger partial charge in [-0.25, -0.2) is 0 Å². The molecule has 7 nitrogen and oxygen atoms in total. The molecule has 8 heteroatoms. The second-order valence-corrected chi connectivity index (χ2v) is 7.09. The van der Waals surface area contributed by atoms with Crippen LogP contribution < -0.4 is 21.3 Å². The fraction of sp³-hybridized carbons (Fsp3) is 0.579. The van der Waals surface area contributed by atoms with Crippen LogP contribution in [0.15, 0.2) is 23.2 Å². The first-order valence-corrected chi connectivity index (χ1v) is 9.13. The quantitative estimate of drug-likeness (QED) is 0.319. The molecule has 152 valence electrons. The molecule has 1 fully saturated rings. The van der Waals surface area contributed by atoms with Crippen LogP contribution in [0.25, 0.3) is 0 Å². The minimum atomic E-state index is -0.260. The summed E-state index contributed by atoms with van der Waals surface area (Å²) < 4.78 is 0. The highest BCUT2D eigenvalue weighted by atomic mass is 127. The van der Waals surface area contributed by atoms with E-state index in [4.69, 9.17) is 5.73 Å². The molecular formula is C19H33IN6O. The van der Waals surface area contributed by atoms with Gasteiger partial charge in [-0.2, -0.15) is 0 Å². The average Bonchev–Trinajstić information content (AvgIpc) is 2.60. The zero-order valence-electron chi connectivity index (χ0n) is 16.8. The van der Waals surface area contributed by atoms with Gasteiger partial charge in [-0.1, -0.05) is 6.07 Å². The van der Waals surface area contributed by atoms with Crippen LogP contribution in [0.1, 0.15) is 24.0 Å². The molecule has 0 bridgehead atoms. The Bertz CT molecular complexity index is 641. The Morgan fingerprint density at radius 1 is 1.33 bits per heavy atom. The van der Waals surface area contributed by atoms with Crippen molar-refractivity contribution in [1.82, 2.24) is 15.5 Å². The number of carbonyl (C=O) groups excluding carboxylic acids is 1. The Hall–Kier alpha value is -1.55. The number of rotatable bonds is 6. The minimum Gasteiger partial charge on any atom is -0.378 e. The lowest BCUT2D eigenvalue weighted by atomic mass is 10.1. The average molecular weight is 488 g/mol. The van der Waals surface area contributed by atoms with E-state index >= 15 is 0 Å². The molecule has 1 amide bonds. The van der Waals surface area contributed by atoms with E-state index in [0.29, 0.717) is 12.6 Å². The second-order valence-electron chi connectivity index (χ2n) is 7.09. The summed E-state index contributed by atoms with van der Waals surface area (Å²) in [5, 5.41) is 6.89. The van der Waals surface area contributed by atoms with Crippen molar-refractivity contribution >= 4 is 41.5 Å². The van der Waals surface area contributed by atoms with Gasteiger partial charge in [0.15, 0.2) is 5.96 Å². The van der Waals surface area contributed by atoms with Crippen LogP contribution in [0.5, 0.6) is 0 Å². The third-order valence-corrected chi connectivity index (χ3v) is 4.82. The van der Waals surface area contributed by atoms with Crippen molar-refractivity contribution in [2.45, 2.75) is 32.4 Å². The maximum Gasteiger partial charge on any atom is 0.231 e. The van der Waals surface area contributed by atoms with Crippen molar-refractivity contribution in [2.75, 3.05) is 45.7 Å². The van der Waals surface area contributed by atoms with E-state index in [9.17, 15) is 4.79 Å². The van der Waals surface area contributed by atoms with Gasteiger partial charge in [0.05, 0.1) is 6.54 Å². The minimum absolute atomic E-state index is 0. The van der Waals surface area contributed by atoms with Crippen molar-refractivity contribution in [3.63, 3.8) is 0 Å². The van der Waals surface area contributed by atoms with E-state index in [0.717, 1.165) is 38.4 Å². The third kappa shape index (κ3) is 7.53. The SMILES string of the molecule is CN=C(NCc1ccc(N(C)C)cc1C)NC1CCN(CC(N)=O)CC1.I. The summed E-state index contributed by atoms with van der Waals surface area (Å²) in [5.74, 6) is 0.555. The van der Waals surface area contributed by atoms with Gasteiger partial charge in [-0.15, -0.1) is 24.0 Å². The van der Waals surface area contributed by atoms with E-state index in [1.165, 1.54) is 16.8 Å². The number of aryl methyl sites for hydroxylation is 1. The standard InChI is InChI=1S/C19H32N6O.HI/c1-14-11-17(24(3)4)6-5-15(14)12-22-19(21-2)23-16-7-9-25(10-8-16)13-18(20)26;/h5-6,11,16H,7-10,12-13H2,1-4H3,(H2,20,26)(H2,21,22,23);1H. The monoisotopic (exact) mass is 488 g/mol. The molecule has 0 aromatic heterocycles. The summed E-state index contributed by atoms with van der Waals surface area (Å²) in [6, 6.07) is 6.85. The summed E-state index contributed by atoms with van der Waals surface area (Å²) in [6.45, 7) is 4.97. The van der Waals surface area contributed by atoms with Gasteiger partial charge in [0, 0.05) is 52.5 Å². The number of primary amides is 1. The Balaban J connectivity index is 0.00000364. The lowest BCUT2D eigenvalue weighted by molar-refractivity contribution is -0.119. The zero-order valence-corrected chi connectivity index (χ0v) is 19.1. The number of nitrogens with one attached hydrogen (secondary N) is 2. The number of benzene rings is 1. The Labute approximate surface area is 179 Å². The van der Waals surface area contributed by atoms with Crippen molar-refractivity contribution in [1.29, 1.82) is 0 Å². The number of amides is 1. The van der Waals surface area contributed by atoms with Crippen molar-refractivity contribution in [3.8, 4) is 0 Å². The number of hydrogen-bond donors (Lipinski definition) is 3. The van der Waals surface area contributed by atoms with Crippen LogP contribution in [-0.4, -0.2) is 63.6 Å². The molecular weight excluding hydrogens is 455 g/mol. The molecule has 1 aromatic carbocycles. The summed E-state index contributed by atoms with van der Waals surface area (Å²) in [4.78, 5) is 19.6. The molecule has 1 aliphatic heterocycles. The third-order valence-electron chi connectivity index (χ3n) is 4.82. The van der Waals surface area contributed by atoms with Crippen LogP contribution >= 0.6 is 24.0 Å². The fourth-order valence-corrected chi connectivity index (χ4v) is 3.18. The van der Waals surface area contributed by atoms with E-state index in [1.54, 1.807) is 7.05 Å². The van der Waals surface area contributed by atoms with E-state index in [2.05, 4.69) is 50.5 Å². The van der Waals surface area contributed by atoms with Crippen LogP contribution in [0, 0.1) is 6.92 Å². The highest BCUT2D eigenvalue weighted by Crippen LogP contribution is 2.17. The number of nitrogens with two attached hydrogens (primary N) is 1. The highest BCUT2D eigenvalue weighted by molar-refractivity contribution is 14.0. The number of guanidine groups is 1. The van der Waals surface area contributed by atoms with Crippen molar-refractivity contribution in [2.24, 2.45) is 10.7 Å². The normalized spacial score (nSPS) is 15.8. The number of likely N-dealkylation sites (tertiary alicyclic amines) is 1. The van der Waals surface area contributed by atoms with E-state index in [1.807, 2.05) is 14.1 Å². The van der Waals surface area contributed by atoms with Gasteiger partial charge in [0.2, 0.25) is 5.91 Å². The van der Waals surface area contributed by atoms with Crippen LogP contribution in [0.3, 0.4) is 0 Å². The molecule has 0 radical (unpaired) electrons. The Morgan fingerprint density at radius 2 is 2.00 bits per heavy atom. The van der Waals surface area contributed by atoms with Crippen LogP contribution in [-0.2, 0) is 11.3 Å².